The molecule has 0 aromatic rings. The number of piperidine rings is 1. The topological polar surface area (TPSA) is 63.4 Å². The first kappa shape index (κ1) is 11.4. The molecule has 0 spiro atoms. The third-order valence-electron chi connectivity index (χ3n) is 3.96. The summed E-state index contributed by atoms with van der Waals surface area (Å²) in [4.78, 5) is 24.4. The van der Waals surface area contributed by atoms with Crippen molar-refractivity contribution in [3.63, 3.8) is 0 Å². The van der Waals surface area contributed by atoms with E-state index in [1.54, 1.807) is 4.90 Å². The minimum atomic E-state index is -0.801. The number of amides is 2. The van der Waals surface area contributed by atoms with Crippen LogP contribution in [0, 0.1) is 5.92 Å². The van der Waals surface area contributed by atoms with Crippen LogP contribution in [0.1, 0.15) is 44.9 Å². The molecule has 1 atom stereocenters. The van der Waals surface area contributed by atoms with Gasteiger partial charge in [0.2, 0.25) is 0 Å². The van der Waals surface area contributed by atoms with E-state index in [4.69, 9.17) is 5.73 Å². The number of hydrogen-bond donors (Lipinski definition) is 1. The molecule has 1 unspecified atom stereocenters. The fourth-order valence-electron chi connectivity index (χ4n) is 3.18. The molecule has 0 aromatic carbocycles. The van der Waals surface area contributed by atoms with E-state index in [1.165, 1.54) is 32.1 Å². The number of nitrogens with zero attached hydrogens (tertiary/aromatic N) is 1. The molecule has 2 amide bonds. The lowest BCUT2D eigenvalue weighted by atomic mass is 9.89. The van der Waals surface area contributed by atoms with Gasteiger partial charge in [-0.1, -0.05) is 12.8 Å². The van der Waals surface area contributed by atoms with Crippen molar-refractivity contribution >= 4 is 11.8 Å². The molecule has 1 saturated carbocycles. The summed E-state index contributed by atoms with van der Waals surface area (Å²) in [7, 11) is 0. The molecule has 90 valence electrons. The molecule has 2 rings (SSSR count). The Bertz CT molecular complexity index is 285. The van der Waals surface area contributed by atoms with Crippen molar-refractivity contribution in [1.82, 2.24) is 4.90 Å². The number of primary amides is 1. The van der Waals surface area contributed by atoms with Crippen molar-refractivity contribution in [1.29, 1.82) is 0 Å². The molecule has 2 N–H and O–H groups in total. The van der Waals surface area contributed by atoms with Crippen LogP contribution >= 0.6 is 0 Å². The van der Waals surface area contributed by atoms with Gasteiger partial charge < -0.3 is 10.6 Å². The van der Waals surface area contributed by atoms with Crippen molar-refractivity contribution in [3.8, 4) is 0 Å². The second-order valence-electron chi connectivity index (χ2n) is 4.97. The minimum Gasteiger partial charge on any atom is -0.361 e. The summed E-state index contributed by atoms with van der Waals surface area (Å²) in [6.07, 6.45) is 8.15. The highest BCUT2D eigenvalue weighted by Gasteiger charge is 2.35. The smallest absolute Gasteiger partial charge is 0.311 e. The van der Waals surface area contributed by atoms with Gasteiger partial charge in [0.15, 0.2) is 0 Å². The zero-order valence-corrected chi connectivity index (χ0v) is 9.65. The number of likely N-dealkylation sites (tertiary alicyclic amines) is 1. The first-order valence-corrected chi connectivity index (χ1v) is 6.30. The van der Waals surface area contributed by atoms with Crippen LogP contribution in [-0.2, 0) is 9.59 Å². The zero-order chi connectivity index (χ0) is 11.5. The number of hydrogen-bond acceptors (Lipinski definition) is 2. The molecular weight excluding hydrogens is 204 g/mol. The van der Waals surface area contributed by atoms with Gasteiger partial charge in [0.1, 0.15) is 0 Å². The molecule has 1 aliphatic heterocycles. The lowest BCUT2D eigenvalue weighted by Crippen LogP contribution is -2.51. The third-order valence-corrected chi connectivity index (χ3v) is 3.96. The maximum absolute atomic E-state index is 11.7. The molecule has 4 nitrogen and oxygen atoms in total. The number of rotatable bonds is 1. The highest BCUT2D eigenvalue weighted by molar-refractivity contribution is 6.34. The van der Waals surface area contributed by atoms with Crippen LogP contribution in [0.4, 0.5) is 0 Å². The summed E-state index contributed by atoms with van der Waals surface area (Å²) < 4.78 is 0. The average molecular weight is 224 g/mol. The van der Waals surface area contributed by atoms with E-state index in [9.17, 15) is 9.59 Å². The van der Waals surface area contributed by atoms with Gasteiger partial charge in [-0.2, -0.15) is 0 Å². The Hall–Kier alpha value is -1.06. The SMILES string of the molecule is NC(=O)C(=O)N1CCCCC1C1CCCC1. The van der Waals surface area contributed by atoms with Gasteiger partial charge >= 0.3 is 11.8 Å². The third kappa shape index (κ3) is 2.20. The zero-order valence-electron chi connectivity index (χ0n) is 9.65. The van der Waals surface area contributed by atoms with Gasteiger partial charge in [0, 0.05) is 12.6 Å². The van der Waals surface area contributed by atoms with Gasteiger partial charge in [-0.15, -0.1) is 0 Å². The van der Waals surface area contributed by atoms with Crippen LogP contribution in [0.15, 0.2) is 0 Å². The van der Waals surface area contributed by atoms with E-state index in [1.807, 2.05) is 0 Å². The largest absolute Gasteiger partial charge is 0.361 e. The van der Waals surface area contributed by atoms with Crippen molar-refractivity contribution in [2.75, 3.05) is 6.54 Å². The van der Waals surface area contributed by atoms with Gasteiger partial charge in [-0.25, -0.2) is 0 Å². The van der Waals surface area contributed by atoms with Crippen LogP contribution in [0.25, 0.3) is 0 Å². The summed E-state index contributed by atoms with van der Waals surface area (Å²) in [6.45, 7) is 0.711. The predicted octanol–water partition coefficient (Wildman–Crippen LogP) is 1.04. The molecule has 1 saturated heterocycles. The van der Waals surface area contributed by atoms with Gasteiger partial charge in [-0.3, -0.25) is 9.59 Å². The minimum absolute atomic E-state index is 0.274. The van der Waals surface area contributed by atoms with Crippen LogP contribution in [0.5, 0.6) is 0 Å². The van der Waals surface area contributed by atoms with E-state index in [0.29, 0.717) is 12.5 Å². The summed E-state index contributed by atoms with van der Waals surface area (Å²) in [6, 6.07) is 0.274. The van der Waals surface area contributed by atoms with E-state index in [0.717, 1.165) is 12.8 Å². The van der Waals surface area contributed by atoms with Crippen LogP contribution in [0.2, 0.25) is 0 Å². The van der Waals surface area contributed by atoms with E-state index in [-0.39, 0.29) is 6.04 Å². The molecule has 4 heteroatoms. The van der Waals surface area contributed by atoms with Crippen LogP contribution in [-0.4, -0.2) is 29.3 Å². The van der Waals surface area contributed by atoms with Crippen LogP contribution < -0.4 is 5.73 Å². The molecule has 1 aliphatic carbocycles. The van der Waals surface area contributed by atoms with Crippen molar-refractivity contribution in [3.05, 3.63) is 0 Å². The Morgan fingerprint density at radius 1 is 1.00 bits per heavy atom. The van der Waals surface area contributed by atoms with Crippen LogP contribution in [0.3, 0.4) is 0 Å². The van der Waals surface area contributed by atoms with Crippen molar-refractivity contribution in [2.24, 2.45) is 11.7 Å². The Labute approximate surface area is 96.2 Å². The Balaban J connectivity index is 2.07. The normalized spacial score (nSPS) is 27.0. The molecule has 1 heterocycles. The summed E-state index contributed by atoms with van der Waals surface area (Å²) in [5.74, 6) is -0.676. The number of carbonyl (C=O) groups is 2. The molecular formula is C12H20N2O2. The Kier molecular flexibility index (Phi) is 3.46. The Morgan fingerprint density at radius 3 is 2.25 bits per heavy atom. The maximum Gasteiger partial charge on any atom is 0.311 e. The fourth-order valence-corrected chi connectivity index (χ4v) is 3.18. The Morgan fingerprint density at radius 2 is 1.62 bits per heavy atom. The monoisotopic (exact) mass is 224 g/mol. The molecule has 0 aromatic heterocycles. The van der Waals surface area contributed by atoms with Gasteiger partial charge in [0.25, 0.3) is 0 Å². The lowest BCUT2D eigenvalue weighted by molar-refractivity contribution is -0.147. The molecule has 2 aliphatic rings. The molecule has 16 heavy (non-hydrogen) atoms. The average Bonchev–Trinajstić information content (AvgIpc) is 2.81. The van der Waals surface area contributed by atoms with Gasteiger partial charge in [-0.05, 0) is 38.0 Å². The van der Waals surface area contributed by atoms with E-state index < -0.39 is 11.8 Å². The molecule has 0 radical (unpaired) electrons. The highest BCUT2D eigenvalue weighted by atomic mass is 16.2. The molecule has 2 fully saturated rings. The highest BCUT2D eigenvalue weighted by Crippen LogP contribution is 2.34. The second kappa shape index (κ2) is 4.85. The summed E-state index contributed by atoms with van der Waals surface area (Å²) >= 11 is 0. The number of nitrogens with two attached hydrogens (primary N) is 1. The summed E-state index contributed by atoms with van der Waals surface area (Å²) in [5.41, 5.74) is 5.10. The first-order chi connectivity index (χ1) is 7.70. The summed E-state index contributed by atoms with van der Waals surface area (Å²) in [5, 5.41) is 0. The number of carbonyl (C=O) groups excluding carboxylic acids is 2. The second-order valence-corrected chi connectivity index (χ2v) is 4.97. The van der Waals surface area contributed by atoms with Crippen molar-refractivity contribution in [2.45, 2.75) is 51.0 Å². The maximum atomic E-state index is 11.7. The fraction of sp³-hybridized carbons (Fsp3) is 0.833. The predicted molar refractivity (Wildman–Crippen MR) is 60.5 cm³/mol. The quantitative estimate of drug-likeness (QED) is 0.676. The first-order valence-electron chi connectivity index (χ1n) is 6.30. The van der Waals surface area contributed by atoms with E-state index >= 15 is 0 Å². The standard InChI is InChI=1S/C12H20N2O2/c13-11(15)12(16)14-8-4-3-7-10(14)9-5-1-2-6-9/h9-10H,1-8H2,(H2,13,15). The lowest BCUT2D eigenvalue weighted by Gasteiger charge is -2.38. The van der Waals surface area contributed by atoms with Crippen molar-refractivity contribution < 1.29 is 9.59 Å². The molecule has 0 bridgehead atoms. The van der Waals surface area contributed by atoms with E-state index in [2.05, 4.69) is 0 Å². The van der Waals surface area contributed by atoms with Gasteiger partial charge in [0.05, 0.1) is 0 Å².